The third kappa shape index (κ3) is 8.24. The summed E-state index contributed by atoms with van der Waals surface area (Å²) in [4.78, 5) is 18.3. The first kappa shape index (κ1) is 33.7. The summed E-state index contributed by atoms with van der Waals surface area (Å²) in [5.41, 5.74) is 2.23. The minimum Gasteiger partial charge on any atom is -0.350 e. The third-order valence-electron chi connectivity index (χ3n) is 6.37. The zero-order chi connectivity index (χ0) is 31.0. The number of carbonyl (C=O) groups is 1. The first-order chi connectivity index (χ1) is 19.4. The van der Waals surface area contributed by atoms with Crippen LogP contribution in [0.25, 0.3) is 12.3 Å². The minimum atomic E-state index is -0.770. The molecule has 226 valence electrons. The van der Waals surface area contributed by atoms with Crippen LogP contribution in [0, 0.1) is 5.82 Å². The first-order valence-corrected chi connectivity index (χ1v) is 14.2. The highest BCUT2D eigenvalue weighted by atomic mass is 19.1. The second-order valence-electron chi connectivity index (χ2n) is 11.3. The number of rotatable bonds is 11. The molecule has 2 aliphatic rings. The fourth-order valence-electron chi connectivity index (χ4n) is 4.82. The largest absolute Gasteiger partial charge is 0.350 e. The summed E-state index contributed by atoms with van der Waals surface area (Å²) in [5.74, 6) is 0.282. The Morgan fingerprint density at radius 1 is 1.15 bits per heavy atom. The summed E-state index contributed by atoms with van der Waals surface area (Å²) in [7, 11) is 0. The first-order valence-electron chi connectivity index (χ1n) is 14.2. The number of hydrogen-bond donors (Lipinski definition) is 2. The van der Waals surface area contributed by atoms with Crippen molar-refractivity contribution >= 4 is 18.2 Å². The van der Waals surface area contributed by atoms with Crippen molar-refractivity contribution in [2.24, 2.45) is 0 Å². The predicted octanol–water partition coefficient (Wildman–Crippen LogP) is 7.51. The van der Waals surface area contributed by atoms with Gasteiger partial charge in [-0.15, -0.1) is 13.2 Å². The number of ether oxygens (including phenoxy) is 1. The normalized spacial score (nSPS) is 15.5. The average Bonchev–Trinajstić information content (AvgIpc) is 3.11. The highest BCUT2D eigenvalue weighted by molar-refractivity contribution is 5.84. The van der Waals surface area contributed by atoms with E-state index in [9.17, 15) is 9.18 Å². The third-order valence-corrected chi connectivity index (χ3v) is 6.37. The summed E-state index contributed by atoms with van der Waals surface area (Å²) < 4.78 is 21.8. The lowest BCUT2D eigenvalue weighted by atomic mass is 9.94. The number of nitrogens with zero attached hydrogens (tertiary/aromatic N) is 2. The SMILES string of the molecule is C=C.C=Cc1ncc(C[C@@H](NC2(OC(C)(C)C)C3=C2C=C3)C(=O)NC(C)(C)Cc2ccc(F)cc2)n1/C=C\C.CC.[HH].[HH]. The number of benzene rings is 1. The summed E-state index contributed by atoms with van der Waals surface area (Å²) in [5, 5.41) is 6.77. The number of imidazole rings is 1. The van der Waals surface area contributed by atoms with E-state index in [0.29, 0.717) is 18.7 Å². The number of hydrogen-bond acceptors (Lipinski definition) is 4. The molecule has 2 aromatic rings. The molecule has 6 nitrogen and oxygen atoms in total. The van der Waals surface area contributed by atoms with Gasteiger partial charge in [0.2, 0.25) is 5.91 Å². The molecule has 41 heavy (non-hydrogen) atoms. The van der Waals surface area contributed by atoms with Gasteiger partial charge < -0.3 is 14.6 Å². The van der Waals surface area contributed by atoms with E-state index in [-0.39, 0.29) is 14.6 Å². The average molecular weight is 567 g/mol. The Morgan fingerprint density at radius 3 is 2.22 bits per heavy atom. The van der Waals surface area contributed by atoms with Crippen LogP contribution in [-0.4, -0.2) is 38.4 Å². The van der Waals surface area contributed by atoms with Gasteiger partial charge in [0.1, 0.15) is 11.6 Å². The van der Waals surface area contributed by atoms with Crippen molar-refractivity contribution in [1.82, 2.24) is 20.2 Å². The van der Waals surface area contributed by atoms with Crippen molar-refractivity contribution < 1.29 is 16.8 Å². The summed E-state index contributed by atoms with van der Waals surface area (Å²) in [6.07, 6.45) is 12.3. The lowest BCUT2D eigenvalue weighted by molar-refractivity contribution is -0.129. The van der Waals surface area contributed by atoms with Crippen LogP contribution < -0.4 is 10.6 Å². The van der Waals surface area contributed by atoms with Gasteiger partial charge >= 0.3 is 0 Å². The second kappa shape index (κ2) is 13.9. The van der Waals surface area contributed by atoms with Crippen LogP contribution >= 0.6 is 0 Å². The topological polar surface area (TPSA) is 68.2 Å². The van der Waals surface area contributed by atoms with Gasteiger partial charge in [-0.25, -0.2) is 9.37 Å². The Kier molecular flexibility index (Phi) is 11.4. The molecule has 4 rings (SSSR count). The molecule has 1 atom stereocenters. The maximum absolute atomic E-state index is 13.9. The Morgan fingerprint density at radius 2 is 1.73 bits per heavy atom. The molecule has 0 radical (unpaired) electrons. The molecule has 2 aliphatic carbocycles. The van der Waals surface area contributed by atoms with Gasteiger partial charge in [-0.3, -0.25) is 10.1 Å². The van der Waals surface area contributed by atoms with E-state index in [1.54, 1.807) is 24.4 Å². The van der Waals surface area contributed by atoms with Gasteiger partial charge in [0.15, 0.2) is 5.72 Å². The lowest BCUT2D eigenvalue weighted by Crippen LogP contribution is -2.58. The number of aromatic nitrogens is 2. The van der Waals surface area contributed by atoms with Crippen LogP contribution in [0.5, 0.6) is 0 Å². The zero-order valence-corrected chi connectivity index (χ0v) is 26.0. The lowest BCUT2D eigenvalue weighted by Gasteiger charge is -2.34. The van der Waals surface area contributed by atoms with E-state index < -0.39 is 22.9 Å². The molecule has 1 heterocycles. The van der Waals surface area contributed by atoms with Crippen LogP contribution in [0.1, 0.15) is 75.3 Å². The quantitative estimate of drug-likeness (QED) is 0.218. The Hall–Kier alpha value is -3.55. The molecule has 1 aromatic carbocycles. The minimum absolute atomic E-state index is 0. The number of allylic oxidation sites excluding steroid dienone is 1. The molecule has 0 bridgehead atoms. The van der Waals surface area contributed by atoms with E-state index in [0.717, 1.165) is 22.4 Å². The van der Waals surface area contributed by atoms with E-state index in [1.807, 2.05) is 84.4 Å². The van der Waals surface area contributed by atoms with Crippen LogP contribution in [0.15, 0.2) is 79.6 Å². The van der Waals surface area contributed by atoms with Crippen LogP contribution in [0.2, 0.25) is 0 Å². The van der Waals surface area contributed by atoms with Gasteiger partial charge in [0.25, 0.3) is 0 Å². The van der Waals surface area contributed by atoms with Crippen LogP contribution in [0.4, 0.5) is 4.39 Å². The van der Waals surface area contributed by atoms with E-state index in [2.05, 4.69) is 35.4 Å². The van der Waals surface area contributed by atoms with Crippen LogP contribution in [0.3, 0.4) is 0 Å². The van der Waals surface area contributed by atoms with Gasteiger partial charge in [0, 0.05) is 44.0 Å². The number of carbonyl (C=O) groups excluding carboxylic acids is 1. The van der Waals surface area contributed by atoms with Crippen molar-refractivity contribution in [1.29, 1.82) is 0 Å². The molecule has 0 saturated heterocycles. The monoisotopic (exact) mass is 566 g/mol. The fourth-order valence-corrected chi connectivity index (χ4v) is 4.82. The number of halogens is 1. The molecule has 1 aromatic heterocycles. The number of nitrogens with one attached hydrogen (secondary N) is 2. The van der Waals surface area contributed by atoms with E-state index in [4.69, 9.17) is 4.74 Å². The van der Waals surface area contributed by atoms with Crippen molar-refractivity contribution in [2.75, 3.05) is 0 Å². The maximum atomic E-state index is 13.9. The zero-order valence-electron chi connectivity index (χ0n) is 26.0. The van der Waals surface area contributed by atoms with Crippen molar-refractivity contribution in [3.05, 3.63) is 102 Å². The molecule has 0 spiro atoms. The molecule has 7 heteroatoms. The van der Waals surface area contributed by atoms with Crippen molar-refractivity contribution in [3.63, 3.8) is 0 Å². The molecule has 2 N–H and O–H groups in total. The fraction of sp³-hybridized carbons (Fsp3) is 0.412. The second-order valence-corrected chi connectivity index (χ2v) is 11.3. The Labute approximate surface area is 248 Å². The van der Waals surface area contributed by atoms with Gasteiger partial charge in [-0.1, -0.05) is 50.8 Å². The molecule has 0 unspecified atom stereocenters. The molecule has 0 fully saturated rings. The number of amides is 1. The smallest absolute Gasteiger partial charge is 0.238 e. The van der Waals surface area contributed by atoms with E-state index in [1.165, 1.54) is 12.1 Å². The van der Waals surface area contributed by atoms with E-state index >= 15 is 0 Å². The molecule has 0 aliphatic heterocycles. The highest BCUT2D eigenvalue weighted by Crippen LogP contribution is 2.54. The highest BCUT2D eigenvalue weighted by Gasteiger charge is 2.59. The van der Waals surface area contributed by atoms with Gasteiger partial charge in [-0.05, 0) is 71.7 Å². The summed E-state index contributed by atoms with van der Waals surface area (Å²) in [6.45, 7) is 25.8. The van der Waals surface area contributed by atoms with Crippen molar-refractivity contribution in [3.8, 4) is 0 Å². The molecular weight excluding hydrogens is 515 g/mol. The summed E-state index contributed by atoms with van der Waals surface area (Å²) in [6, 6.07) is 5.77. The Bertz CT molecular complexity index is 1290. The van der Waals surface area contributed by atoms with Gasteiger partial charge in [-0.2, -0.15) is 0 Å². The van der Waals surface area contributed by atoms with Gasteiger partial charge in [0.05, 0.1) is 11.6 Å². The maximum Gasteiger partial charge on any atom is 0.238 e. The van der Waals surface area contributed by atoms with Crippen LogP contribution in [-0.2, 0) is 22.4 Å². The Balaban J connectivity index is 0.00000282. The standard InChI is InChI=1S/C30H37FN4O2.C2H6.C2H4.2H2/c1-8-16-35-22(19-32-26(35)9-2)17-25(33-30(37-28(3,4)5)23-14-15-24(23)30)27(36)34-29(6,7)18-20-10-12-21(31)13-11-20;2*1-2;;/h8-16,19,25,33H,2,17-18H2,1,3-7H3,(H,34,36);1-2H3;1-2H2;2*1H/b16-8-;;;;/t25-;;;;/m1..../s1. The molecule has 1 amide bonds. The van der Waals surface area contributed by atoms with Crippen molar-refractivity contribution in [2.45, 2.75) is 91.1 Å². The molecular formula is C34H51FN4O2. The summed E-state index contributed by atoms with van der Waals surface area (Å²) >= 11 is 0. The molecule has 0 saturated carbocycles. The predicted molar refractivity (Wildman–Crippen MR) is 173 cm³/mol.